The zero-order valence-electron chi connectivity index (χ0n) is 13.8. The summed E-state index contributed by atoms with van der Waals surface area (Å²) >= 11 is 0. The van der Waals surface area contributed by atoms with Crippen LogP contribution in [0.1, 0.15) is 56.6 Å². The molecule has 1 aromatic heterocycles. The summed E-state index contributed by atoms with van der Waals surface area (Å²) in [6.45, 7) is 11.1. The molecule has 0 aliphatic carbocycles. The molecular formula is C16H28N4O. The zero-order valence-corrected chi connectivity index (χ0v) is 13.8. The van der Waals surface area contributed by atoms with Crippen LogP contribution in [0.15, 0.2) is 12.1 Å². The Morgan fingerprint density at radius 3 is 2.43 bits per heavy atom. The van der Waals surface area contributed by atoms with Crippen molar-refractivity contribution in [3.63, 3.8) is 0 Å². The van der Waals surface area contributed by atoms with E-state index in [9.17, 15) is 4.79 Å². The number of carbonyl (C=O) groups excluding carboxylic acids is 1. The molecule has 0 unspecified atom stereocenters. The van der Waals surface area contributed by atoms with Crippen molar-refractivity contribution in [2.45, 2.75) is 53.5 Å². The molecule has 1 heterocycles. The summed E-state index contributed by atoms with van der Waals surface area (Å²) in [6, 6.07) is 3.80. The number of aryl methyl sites for hydroxylation is 1. The first-order valence-corrected chi connectivity index (χ1v) is 7.69. The molecule has 0 aliphatic rings. The van der Waals surface area contributed by atoms with Crippen LogP contribution in [-0.4, -0.2) is 28.4 Å². The van der Waals surface area contributed by atoms with Crippen molar-refractivity contribution in [1.29, 1.82) is 0 Å². The van der Waals surface area contributed by atoms with Gasteiger partial charge < -0.3 is 10.3 Å². The SMILES string of the molecule is CCC(CC)N(CC(C)C)C(=O)c1cc(C)nc(NN)c1. The molecule has 0 atom stereocenters. The highest BCUT2D eigenvalue weighted by Crippen LogP contribution is 2.18. The number of carbonyl (C=O) groups is 1. The third kappa shape index (κ3) is 4.70. The third-order valence-electron chi connectivity index (χ3n) is 3.55. The number of nitrogens with one attached hydrogen (secondary N) is 1. The summed E-state index contributed by atoms with van der Waals surface area (Å²) in [5.41, 5.74) is 3.94. The Bertz CT molecular complexity index is 469. The van der Waals surface area contributed by atoms with Gasteiger partial charge in [0.25, 0.3) is 5.91 Å². The van der Waals surface area contributed by atoms with E-state index in [2.05, 4.69) is 38.1 Å². The van der Waals surface area contributed by atoms with Gasteiger partial charge >= 0.3 is 0 Å². The summed E-state index contributed by atoms with van der Waals surface area (Å²) < 4.78 is 0. The van der Waals surface area contributed by atoms with Crippen LogP contribution in [-0.2, 0) is 0 Å². The topological polar surface area (TPSA) is 71.2 Å². The average molecular weight is 292 g/mol. The molecule has 0 saturated heterocycles. The summed E-state index contributed by atoms with van der Waals surface area (Å²) in [5, 5.41) is 0. The Kier molecular flexibility index (Phi) is 6.62. The van der Waals surface area contributed by atoms with Gasteiger partial charge in [-0.05, 0) is 37.8 Å². The number of nitrogens with zero attached hydrogens (tertiary/aromatic N) is 2. The molecule has 1 rings (SSSR count). The lowest BCUT2D eigenvalue weighted by atomic mass is 10.1. The summed E-state index contributed by atoms with van der Waals surface area (Å²) in [4.78, 5) is 19.1. The average Bonchev–Trinajstić information content (AvgIpc) is 2.45. The van der Waals surface area contributed by atoms with Crippen molar-refractivity contribution in [2.24, 2.45) is 11.8 Å². The fourth-order valence-electron chi connectivity index (χ4n) is 2.55. The van der Waals surface area contributed by atoms with Crippen LogP contribution in [0, 0.1) is 12.8 Å². The minimum Gasteiger partial charge on any atom is -0.335 e. The minimum absolute atomic E-state index is 0.0550. The highest BCUT2D eigenvalue weighted by molar-refractivity contribution is 5.95. The molecule has 5 heteroatoms. The maximum absolute atomic E-state index is 12.9. The van der Waals surface area contributed by atoms with Gasteiger partial charge in [0.2, 0.25) is 0 Å². The van der Waals surface area contributed by atoms with Crippen LogP contribution >= 0.6 is 0 Å². The number of rotatable bonds is 7. The van der Waals surface area contributed by atoms with Gasteiger partial charge in [0, 0.05) is 23.8 Å². The van der Waals surface area contributed by atoms with E-state index in [1.54, 1.807) is 6.07 Å². The number of nitrogen functional groups attached to an aromatic ring is 1. The van der Waals surface area contributed by atoms with Crippen molar-refractivity contribution in [1.82, 2.24) is 9.88 Å². The second-order valence-corrected chi connectivity index (χ2v) is 5.85. The van der Waals surface area contributed by atoms with E-state index < -0.39 is 0 Å². The predicted molar refractivity (Wildman–Crippen MR) is 87.0 cm³/mol. The van der Waals surface area contributed by atoms with E-state index in [0.717, 1.165) is 25.1 Å². The lowest BCUT2D eigenvalue weighted by Crippen LogP contribution is -2.42. The van der Waals surface area contributed by atoms with Crippen LogP contribution in [0.3, 0.4) is 0 Å². The number of hydrogen-bond acceptors (Lipinski definition) is 4. The Labute approximate surface area is 127 Å². The monoisotopic (exact) mass is 292 g/mol. The van der Waals surface area contributed by atoms with Crippen molar-refractivity contribution >= 4 is 11.7 Å². The lowest BCUT2D eigenvalue weighted by Gasteiger charge is -2.32. The second-order valence-electron chi connectivity index (χ2n) is 5.85. The van der Waals surface area contributed by atoms with Gasteiger partial charge in [-0.1, -0.05) is 27.7 Å². The zero-order chi connectivity index (χ0) is 16.0. The van der Waals surface area contributed by atoms with E-state index in [4.69, 9.17) is 5.84 Å². The van der Waals surface area contributed by atoms with Gasteiger partial charge in [-0.25, -0.2) is 10.8 Å². The predicted octanol–water partition coefficient (Wildman–Crippen LogP) is 2.96. The summed E-state index contributed by atoms with van der Waals surface area (Å²) in [5.74, 6) is 6.43. The van der Waals surface area contributed by atoms with Crippen LogP contribution in [0.4, 0.5) is 5.82 Å². The lowest BCUT2D eigenvalue weighted by molar-refractivity contribution is 0.0640. The van der Waals surface area contributed by atoms with Crippen molar-refractivity contribution < 1.29 is 4.79 Å². The number of anilines is 1. The van der Waals surface area contributed by atoms with Crippen LogP contribution in [0.5, 0.6) is 0 Å². The first-order valence-electron chi connectivity index (χ1n) is 7.69. The number of hydrogen-bond donors (Lipinski definition) is 2. The van der Waals surface area contributed by atoms with E-state index in [0.29, 0.717) is 17.3 Å². The Hall–Kier alpha value is -1.62. The molecule has 118 valence electrons. The van der Waals surface area contributed by atoms with E-state index in [1.165, 1.54) is 0 Å². The molecule has 0 fully saturated rings. The molecule has 21 heavy (non-hydrogen) atoms. The molecule has 0 radical (unpaired) electrons. The highest BCUT2D eigenvalue weighted by Gasteiger charge is 2.23. The molecule has 0 saturated carbocycles. The number of pyridine rings is 1. The Balaban J connectivity index is 3.12. The number of hydrazine groups is 1. The van der Waals surface area contributed by atoms with Crippen LogP contribution in [0.2, 0.25) is 0 Å². The normalized spacial score (nSPS) is 11.0. The van der Waals surface area contributed by atoms with Gasteiger partial charge in [0.1, 0.15) is 5.82 Å². The summed E-state index contributed by atoms with van der Waals surface area (Å²) in [6.07, 6.45) is 1.92. The largest absolute Gasteiger partial charge is 0.335 e. The maximum Gasteiger partial charge on any atom is 0.254 e. The van der Waals surface area contributed by atoms with Crippen molar-refractivity contribution in [2.75, 3.05) is 12.0 Å². The van der Waals surface area contributed by atoms with Crippen molar-refractivity contribution in [3.05, 3.63) is 23.4 Å². The second kappa shape index (κ2) is 7.98. The smallest absolute Gasteiger partial charge is 0.254 e. The fourth-order valence-corrected chi connectivity index (χ4v) is 2.55. The number of amides is 1. The number of aromatic nitrogens is 1. The third-order valence-corrected chi connectivity index (χ3v) is 3.55. The van der Waals surface area contributed by atoms with E-state index >= 15 is 0 Å². The first-order chi connectivity index (χ1) is 9.92. The maximum atomic E-state index is 12.9. The molecule has 1 aromatic rings. The van der Waals surface area contributed by atoms with Gasteiger partial charge in [0.05, 0.1) is 0 Å². The molecule has 0 spiro atoms. The van der Waals surface area contributed by atoms with E-state index in [1.807, 2.05) is 17.9 Å². The standard InChI is InChI=1S/C16H28N4O/c1-6-14(7-2)20(10-11(3)4)16(21)13-8-12(5)18-15(9-13)19-17/h8-9,11,14H,6-7,10,17H2,1-5H3,(H,18,19). The molecule has 3 N–H and O–H groups in total. The van der Waals surface area contributed by atoms with Gasteiger partial charge in [-0.3, -0.25) is 4.79 Å². The Morgan fingerprint density at radius 2 is 1.95 bits per heavy atom. The molecule has 0 bridgehead atoms. The van der Waals surface area contributed by atoms with Crippen LogP contribution < -0.4 is 11.3 Å². The first kappa shape index (κ1) is 17.4. The number of nitrogens with two attached hydrogens (primary N) is 1. The molecule has 1 amide bonds. The minimum atomic E-state index is 0.0550. The summed E-state index contributed by atoms with van der Waals surface area (Å²) in [7, 11) is 0. The molecule has 0 aliphatic heterocycles. The van der Waals surface area contributed by atoms with Gasteiger partial charge in [-0.2, -0.15) is 0 Å². The van der Waals surface area contributed by atoms with Gasteiger partial charge in [-0.15, -0.1) is 0 Å². The van der Waals surface area contributed by atoms with E-state index in [-0.39, 0.29) is 11.9 Å². The van der Waals surface area contributed by atoms with Crippen molar-refractivity contribution in [3.8, 4) is 0 Å². The molecule has 0 aromatic carbocycles. The fraction of sp³-hybridized carbons (Fsp3) is 0.625. The highest BCUT2D eigenvalue weighted by atomic mass is 16.2. The molecule has 5 nitrogen and oxygen atoms in total. The van der Waals surface area contributed by atoms with Gasteiger partial charge in [0.15, 0.2) is 0 Å². The quantitative estimate of drug-likeness (QED) is 0.598. The van der Waals surface area contributed by atoms with Crippen LogP contribution in [0.25, 0.3) is 0 Å². The molecular weight excluding hydrogens is 264 g/mol. The Morgan fingerprint density at radius 1 is 1.33 bits per heavy atom.